The van der Waals surface area contributed by atoms with Crippen molar-refractivity contribution in [2.45, 2.75) is 84.5 Å². The van der Waals surface area contributed by atoms with Crippen LogP contribution in [0, 0.1) is 0 Å². The van der Waals surface area contributed by atoms with Gasteiger partial charge in [-0.25, -0.2) is 0 Å². The van der Waals surface area contributed by atoms with Gasteiger partial charge in [-0.05, 0) is 12.8 Å². The molecule has 0 N–H and O–H groups in total. The van der Waals surface area contributed by atoms with Crippen LogP contribution >= 0.6 is 0 Å². The van der Waals surface area contributed by atoms with Gasteiger partial charge in [-0.1, -0.05) is 65.2 Å². The predicted octanol–water partition coefficient (Wildman–Crippen LogP) is 4.89. The van der Waals surface area contributed by atoms with Crippen LogP contribution in [0.4, 0.5) is 0 Å². The molecule has 0 aliphatic carbocycles. The van der Waals surface area contributed by atoms with Crippen molar-refractivity contribution in [3.63, 3.8) is 0 Å². The summed E-state index contributed by atoms with van der Waals surface area (Å²) < 4.78 is 16.0. The standard InChI is InChI=1S/C19H38O4/c1-3-5-7-9-11-13-19(20)23-18-17-22-16-15-21-14-12-10-8-6-4-2/h3-18H2,1-2H3. The van der Waals surface area contributed by atoms with Crippen LogP contribution in [-0.2, 0) is 19.0 Å². The highest BCUT2D eigenvalue weighted by Gasteiger charge is 2.02. The van der Waals surface area contributed by atoms with Crippen molar-refractivity contribution in [1.29, 1.82) is 0 Å². The van der Waals surface area contributed by atoms with Crippen LogP contribution in [0.3, 0.4) is 0 Å². The molecule has 0 aromatic carbocycles. The molecule has 23 heavy (non-hydrogen) atoms. The van der Waals surface area contributed by atoms with Gasteiger partial charge in [0.15, 0.2) is 0 Å². The van der Waals surface area contributed by atoms with Gasteiger partial charge >= 0.3 is 5.97 Å². The maximum atomic E-state index is 11.5. The molecule has 4 heteroatoms. The maximum absolute atomic E-state index is 11.5. The van der Waals surface area contributed by atoms with E-state index < -0.39 is 0 Å². The van der Waals surface area contributed by atoms with E-state index in [4.69, 9.17) is 14.2 Å². The Kier molecular flexibility index (Phi) is 18.9. The van der Waals surface area contributed by atoms with Crippen LogP contribution in [0.15, 0.2) is 0 Å². The first-order chi connectivity index (χ1) is 11.3. The molecule has 0 aromatic rings. The molecule has 0 amide bonds. The summed E-state index contributed by atoms with van der Waals surface area (Å²) in [6.45, 7) is 7.24. The zero-order valence-corrected chi connectivity index (χ0v) is 15.4. The summed E-state index contributed by atoms with van der Waals surface area (Å²) >= 11 is 0. The molecule has 4 nitrogen and oxygen atoms in total. The summed E-state index contributed by atoms with van der Waals surface area (Å²) in [6, 6.07) is 0. The Morgan fingerprint density at radius 2 is 1.13 bits per heavy atom. The monoisotopic (exact) mass is 330 g/mol. The molecule has 0 aliphatic rings. The van der Waals surface area contributed by atoms with Crippen LogP contribution in [0.25, 0.3) is 0 Å². The first-order valence-electron chi connectivity index (χ1n) is 9.62. The van der Waals surface area contributed by atoms with Gasteiger partial charge in [-0.3, -0.25) is 4.79 Å². The number of hydrogen-bond donors (Lipinski definition) is 0. The molecule has 0 radical (unpaired) electrons. The van der Waals surface area contributed by atoms with Crippen molar-refractivity contribution in [2.75, 3.05) is 33.0 Å². The third-order valence-corrected chi connectivity index (χ3v) is 3.74. The summed E-state index contributed by atoms with van der Waals surface area (Å²) in [5.41, 5.74) is 0. The molecule has 0 spiro atoms. The van der Waals surface area contributed by atoms with Gasteiger partial charge in [-0.2, -0.15) is 0 Å². The second kappa shape index (κ2) is 19.4. The molecule has 0 bridgehead atoms. The highest BCUT2D eigenvalue weighted by molar-refractivity contribution is 5.69. The van der Waals surface area contributed by atoms with E-state index in [-0.39, 0.29) is 5.97 Å². The minimum absolute atomic E-state index is 0.103. The van der Waals surface area contributed by atoms with Gasteiger partial charge in [0.05, 0.1) is 19.8 Å². The lowest BCUT2D eigenvalue weighted by Crippen LogP contribution is -2.13. The van der Waals surface area contributed by atoms with Crippen LogP contribution in [0.5, 0.6) is 0 Å². The van der Waals surface area contributed by atoms with E-state index >= 15 is 0 Å². The van der Waals surface area contributed by atoms with E-state index in [0.717, 1.165) is 25.9 Å². The number of esters is 1. The predicted molar refractivity (Wildman–Crippen MR) is 94.7 cm³/mol. The molecule has 0 rings (SSSR count). The molecule has 0 saturated heterocycles. The fraction of sp³-hybridized carbons (Fsp3) is 0.947. The maximum Gasteiger partial charge on any atom is 0.305 e. The van der Waals surface area contributed by atoms with Crippen molar-refractivity contribution in [1.82, 2.24) is 0 Å². The summed E-state index contributed by atoms with van der Waals surface area (Å²) in [5.74, 6) is -0.103. The molecular formula is C19H38O4. The van der Waals surface area contributed by atoms with Crippen LogP contribution in [0.2, 0.25) is 0 Å². The fourth-order valence-electron chi connectivity index (χ4n) is 2.29. The van der Waals surface area contributed by atoms with Crippen molar-refractivity contribution >= 4 is 5.97 Å². The number of carbonyl (C=O) groups excluding carboxylic acids is 1. The Morgan fingerprint density at radius 3 is 1.78 bits per heavy atom. The minimum Gasteiger partial charge on any atom is -0.463 e. The van der Waals surface area contributed by atoms with E-state index in [1.165, 1.54) is 44.9 Å². The van der Waals surface area contributed by atoms with Gasteiger partial charge < -0.3 is 14.2 Å². The van der Waals surface area contributed by atoms with E-state index in [0.29, 0.717) is 32.8 Å². The third kappa shape index (κ3) is 19.3. The van der Waals surface area contributed by atoms with Gasteiger partial charge in [0.25, 0.3) is 0 Å². The number of rotatable bonds is 18. The fourth-order valence-corrected chi connectivity index (χ4v) is 2.29. The van der Waals surface area contributed by atoms with Crippen LogP contribution < -0.4 is 0 Å². The highest BCUT2D eigenvalue weighted by Crippen LogP contribution is 2.05. The zero-order chi connectivity index (χ0) is 17.0. The first-order valence-corrected chi connectivity index (χ1v) is 9.62. The molecule has 0 fully saturated rings. The smallest absolute Gasteiger partial charge is 0.305 e. The second-order valence-electron chi connectivity index (χ2n) is 6.02. The molecular weight excluding hydrogens is 292 g/mol. The first kappa shape index (κ1) is 22.4. The lowest BCUT2D eigenvalue weighted by atomic mass is 10.1. The highest BCUT2D eigenvalue weighted by atomic mass is 16.6. The largest absolute Gasteiger partial charge is 0.463 e. The summed E-state index contributed by atoms with van der Waals surface area (Å²) in [6.07, 6.45) is 12.6. The van der Waals surface area contributed by atoms with Crippen molar-refractivity contribution in [2.24, 2.45) is 0 Å². The van der Waals surface area contributed by atoms with E-state index in [2.05, 4.69) is 13.8 Å². The van der Waals surface area contributed by atoms with E-state index in [1.54, 1.807) is 0 Å². The summed E-state index contributed by atoms with van der Waals surface area (Å²) in [5, 5.41) is 0. The number of unbranched alkanes of at least 4 members (excludes halogenated alkanes) is 8. The Labute approximate surface area is 143 Å². The van der Waals surface area contributed by atoms with E-state index in [9.17, 15) is 4.79 Å². The lowest BCUT2D eigenvalue weighted by molar-refractivity contribution is -0.145. The van der Waals surface area contributed by atoms with Crippen molar-refractivity contribution in [3.8, 4) is 0 Å². The molecule has 0 heterocycles. The number of carbonyl (C=O) groups is 1. The number of ether oxygens (including phenoxy) is 3. The molecule has 0 aliphatic heterocycles. The quantitative estimate of drug-likeness (QED) is 0.265. The van der Waals surface area contributed by atoms with E-state index in [1.807, 2.05) is 0 Å². The Bertz CT molecular complexity index is 244. The van der Waals surface area contributed by atoms with Crippen LogP contribution in [-0.4, -0.2) is 39.0 Å². The molecule has 0 saturated carbocycles. The third-order valence-electron chi connectivity index (χ3n) is 3.74. The minimum atomic E-state index is -0.103. The molecule has 0 unspecified atom stereocenters. The Balaban J connectivity index is 3.10. The van der Waals surface area contributed by atoms with Gasteiger partial charge in [0, 0.05) is 13.0 Å². The van der Waals surface area contributed by atoms with Gasteiger partial charge in [0.1, 0.15) is 6.61 Å². The van der Waals surface area contributed by atoms with Gasteiger partial charge in [0.2, 0.25) is 0 Å². The Hall–Kier alpha value is -0.610. The summed E-state index contributed by atoms with van der Waals surface area (Å²) in [4.78, 5) is 11.5. The SMILES string of the molecule is CCCCCCCOCCOCCOC(=O)CCCCCCC. The lowest BCUT2D eigenvalue weighted by Gasteiger charge is -2.07. The average molecular weight is 331 g/mol. The molecule has 0 aromatic heterocycles. The topological polar surface area (TPSA) is 44.8 Å². The number of hydrogen-bond acceptors (Lipinski definition) is 4. The van der Waals surface area contributed by atoms with Crippen molar-refractivity contribution in [3.05, 3.63) is 0 Å². The Morgan fingerprint density at radius 1 is 0.609 bits per heavy atom. The van der Waals surface area contributed by atoms with Crippen LogP contribution in [0.1, 0.15) is 84.5 Å². The average Bonchev–Trinajstić information content (AvgIpc) is 2.55. The normalized spacial score (nSPS) is 10.9. The summed E-state index contributed by atoms with van der Waals surface area (Å²) in [7, 11) is 0. The van der Waals surface area contributed by atoms with Gasteiger partial charge in [-0.15, -0.1) is 0 Å². The zero-order valence-electron chi connectivity index (χ0n) is 15.4. The molecule has 0 atom stereocenters. The molecule has 138 valence electrons. The second-order valence-corrected chi connectivity index (χ2v) is 6.02. The van der Waals surface area contributed by atoms with Crippen molar-refractivity contribution < 1.29 is 19.0 Å².